The van der Waals surface area contributed by atoms with E-state index in [-0.39, 0.29) is 6.54 Å². The van der Waals surface area contributed by atoms with Crippen LogP contribution in [-0.4, -0.2) is 28.8 Å². The molecule has 2 aromatic rings. The summed E-state index contributed by atoms with van der Waals surface area (Å²) in [4.78, 5) is 16.2. The first kappa shape index (κ1) is 18.3. The molecule has 0 aliphatic heterocycles. The maximum Gasteiger partial charge on any atom is 0.416 e. The molecule has 0 spiro atoms. The Morgan fingerprint density at radius 3 is 2.54 bits per heavy atom. The average molecular weight is 356 g/mol. The zero-order valence-corrected chi connectivity index (χ0v) is 13.5. The molecule has 1 atom stereocenters. The molecule has 1 heterocycles. The van der Waals surface area contributed by atoms with E-state index in [9.17, 15) is 23.1 Å². The summed E-state index contributed by atoms with van der Waals surface area (Å²) in [5.74, 6) is -0.404. The van der Waals surface area contributed by atoms with E-state index < -0.39 is 23.8 Å². The van der Waals surface area contributed by atoms with E-state index in [1.807, 2.05) is 0 Å². The number of hydrogen-bond donors (Lipinski definition) is 2. The first-order valence-corrected chi connectivity index (χ1v) is 8.18. The van der Waals surface area contributed by atoms with Crippen molar-refractivity contribution >= 4 is 17.7 Å². The minimum Gasteiger partial charge on any atom is -0.387 e. The van der Waals surface area contributed by atoms with E-state index in [0.29, 0.717) is 16.2 Å². The SMILES string of the molecule is CSc1ncccc1C(=O)NCC(O)c1ccc(C(F)(F)F)cc1. The van der Waals surface area contributed by atoms with Gasteiger partial charge in [0.25, 0.3) is 5.91 Å². The zero-order valence-electron chi connectivity index (χ0n) is 12.7. The molecule has 0 bridgehead atoms. The van der Waals surface area contributed by atoms with E-state index in [2.05, 4.69) is 10.3 Å². The molecule has 24 heavy (non-hydrogen) atoms. The highest BCUT2D eigenvalue weighted by Gasteiger charge is 2.30. The summed E-state index contributed by atoms with van der Waals surface area (Å²) in [6, 6.07) is 7.41. The van der Waals surface area contributed by atoms with E-state index in [0.717, 1.165) is 12.1 Å². The smallest absolute Gasteiger partial charge is 0.387 e. The Balaban J connectivity index is 2.00. The van der Waals surface area contributed by atoms with Gasteiger partial charge >= 0.3 is 6.18 Å². The zero-order chi connectivity index (χ0) is 17.7. The molecule has 1 aromatic heterocycles. The highest BCUT2D eigenvalue weighted by Crippen LogP contribution is 2.29. The van der Waals surface area contributed by atoms with Crippen LogP contribution in [0.15, 0.2) is 47.6 Å². The van der Waals surface area contributed by atoms with Crippen LogP contribution in [-0.2, 0) is 6.18 Å². The predicted octanol–water partition coefficient (Wildman–Crippen LogP) is 3.29. The number of aliphatic hydroxyl groups is 1. The number of pyridine rings is 1. The molecule has 0 radical (unpaired) electrons. The molecule has 2 rings (SSSR count). The number of aliphatic hydroxyl groups excluding tert-OH is 1. The van der Waals surface area contributed by atoms with Gasteiger partial charge in [-0.25, -0.2) is 4.98 Å². The van der Waals surface area contributed by atoms with Crippen molar-refractivity contribution in [2.75, 3.05) is 12.8 Å². The van der Waals surface area contributed by atoms with Gasteiger partial charge in [0, 0.05) is 12.7 Å². The van der Waals surface area contributed by atoms with Gasteiger partial charge in [-0.1, -0.05) is 12.1 Å². The number of thioether (sulfide) groups is 1. The van der Waals surface area contributed by atoms with Crippen molar-refractivity contribution in [2.24, 2.45) is 0 Å². The highest BCUT2D eigenvalue weighted by atomic mass is 32.2. The van der Waals surface area contributed by atoms with Crippen LogP contribution in [0.1, 0.15) is 27.6 Å². The fourth-order valence-corrected chi connectivity index (χ4v) is 2.57. The molecule has 0 aliphatic carbocycles. The molecular weight excluding hydrogens is 341 g/mol. The van der Waals surface area contributed by atoms with Crippen molar-refractivity contribution in [3.05, 3.63) is 59.3 Å². The lowest BCUT2D eigenvalue weighted by atomic mass is 10.1. The molecule has 1 aromatic carbocycles. The van der Waals surface area contributed by atoms with Crippen LogP contribution in [0.4, 0.5) is 13.2 Å². The molecule has 128 valence electrons. The molecule has 0 saturated carbocycles. The summed E-state index contributed by atoms with van der Waals surface area (Å²) in [5.41, 5.74) is -0.119. The number of nitrogens with zero attached hydrogens (tertiary/aromatic N) is 1. The van der Waals surface area contributed by atoms with E-state index in [1.54, 1.807) is 24.6 Å². The Morgan fingerprint density at radius 1 is 1.29 bits per heavy atom. The second-order valence-corrected chi connectivity index (χ2v) is 5.70. The summed E-state index contributed by atoms with van der Waals surface area (Å²) in [5, 5.41) is 13.1. The third-order valence-corrected chi connectivity index (χ3v) is 4.00. The van der Waals surface area contributed by atoms with Gasteiger partial charge in [0.05, 0.1) is 17.2 Å². The van der Waals surface area contributed by atoms with Crippen LogP contribution in [0.2, 0.25) is 0 Å². The molecule has 4 nitrogen and oxygen atoms in total. The summed E-state index contributed by atoms with van der Waals surface area (Å²) in [7, 11) is 0. The molecule has 1 unspecified atom stereocenters. The number of carbonyl (C=O) groups is 1. The predicted molar refractivity (Wildman–Crippen MR) is 84.8 cm³/mol. The monoisotopic (exact) mass is 356 g/mol. The first-order chi connectivity index (χ1) is 11.3. The lowest BCUT2D eigenvalue weighted by molar-refractivity contribution is -0.137. The van der Waals surface area contributed by atoms with Crippen molar-refractivity contribution < 1.29 is 23.1 Å². The Kier molecular flexibility index (Phi) is 5.84. The van der Waals surface area contributed by atoms with E-state index in [4.69, 9.17) is 0 Å². The summed E-state index contributed by atoms with van der Waals surface area (Å²) >= 11 is 1.32. The number of alkyl halides is 3. The number of hydrogen-bond acceptors (Lipinski definition) is 4. The van der Waals surface area contributed by atoms with Gasteiger partial charge in [-0.05, 0) is 36.1 Å². The third kappa shape index (κ3) is 4.48. The largest absolute Gasteiger partial charge is 0.416 e. The van der Waals surface area contributed by atoms with Crippen LogP contribution in [0.3, 0.4) is 0 Å². The van der Waals surface area contributed by atoms with Gasteiger partial charge in [-0.2, -0.15) is 13.2 Å². The molecule has 0 aliphatic rings. The van der Waals surface area contributed by atoms with Gasteiger partial charge < -0.3 is 10.4 Å². The van der Waals surface area contributed by atoms with Crippen molar-refractivity contribution in [3.8, 4) is 0 Å². The molecule has 0 saturated heterocycles. The average Bonchev–Trinajstić information content (AvgIpc) is 2.58. The Bertz CT molecular complexity index is 705. The van der Waals surface area contributed by atoms with Crippen LogP contribution >= 0.6 is 11.8 Å². The number of benzene rings is 1. The summed E-state index contributed by atoms with van der Waals surface area (Å²) < 4.78 is 37.5. The number of amides is 1. The molecule has 2 N–H and O–H groups in total. The van der Waals surface area contributed by atoms with Crippen LogP contribution < -0.4 is 5.32 Å². The lowest BCUT2D eigenvalue weighted by Crippen LogP contribution is -2.29. The van der Waals surface area contributed by atoms with Crippen molar-refractivity contribution in [2.45, 2.75) is 17.3 Å². The second-order valence-electron chi connectivity index (χ2n) is 4.91. The molecule has 8 heteroatoms. The van der Waals surface area contributed by atoms with Gasteiger partial charge in [0.15, 0.2) is 0 Å². The first-order valence-electron chi connectivity index (χ1n) is 6.95. The summed E-state index contributed by atoms with van der Waals surface area (Å²) in [6.45, 7) is -0.118. The Hall–Kier alpha value is -2.06. The van der Waals surface area contributed by atoms with Gasteiger partial charge in [-0.3, -0.25) is 4.79 Å². The van der Waals surface area contributed by atoms with Crippen LogP contribution in [0.5, 0.6) is 0 Å². The molecular formula is C16H15F3N2O2S. The normalized spacial score (nSPS) is 12.7. The fourth-order valence-electron chi connectivity index (χ4n) is 2.02. The third-order valence-electron chi connectivity index (χ3n) is 3.29. The number of rotatable bonds is 5. The quantitative estimate of drug-likeness (QED) is 0.807. The minimum absolute atomic E-state index is 0.118. The molecule has 1 amide bonds. The van der Waals surface area contributed by atoms with Crippen LogP contribution in [0.25, 0.3) is 0 Å². The topological polar surface area (TPSA) is 62.2 Å². The van der Waals surface area contributed by atoms with Gasteiger partial charge in [-0.15, -0.1) is 11.8 Å². The van der Waals surface area contributed by atoms with Gasteiger partial charge in [0.2, 0.25) is 0 Å². The Labute approximate surface area is 141 Å². The second kappa shape index (κ2) is 7.67. The van der Waals surface area contributed by atoms with Crippen LogP contribution in [0, 0.1) is 0 Å². The van der Waals surface area contributed by atoms with Crippen molar-refractivity contribution in [3.63, 3.8) is 0 Å². The maximum absolute atomic E-state index is 12.5. The standard InChI is InChI=1S/C16H15F3N2O2S/c1-24-15-12(3-2-8-20-15)14(23)21-9-13(22)10-4-6-11(7-5-10)16(17,18)19/h2-8,13,22H,9H2,1H3,(H,21,23). The maximum atomic E-state index is 12.5. The van der Waals surface area contributed by atoms with Crippen molar-refractivity contribution in [1.82, 2.24) is 10.3 Å². The number of aromatic nitrogens is 1. The highest BCUT2D eigenvalue weighted by molar-refractivity contribution is 7.98. The summed E-state index contributed by atoms with van der Waals surface area (Å²) in [6.07, 6.45) is -2.17. The fraction of sp³-hybridized carbons (Fsp3) is 0.250. The lowest BCUT2D eigenvalue weighted by Gasteiger charge is -2.14. The number of halogens is 3. The minimum atomic E-state index is -4.42. The molecule has 0 fully saturated rings. The van der Waals surface area contributed by atoms with Crippen molar-refractivity contribution in [1.29, 1.82) is 0 Å². The Morgan fingerprint density at radius 2 is 1.96 bits per heavy atom. The number of carbonyl (C=O) groups excluding carboxylic acids is 1. The van der Waals surface area contributed by atoms with E-state index >= 15 is 0 Å². The van der Waals surface area contributed by atoms with E-state index in [1.165, 1.54) is 23.9 Å². The number of nitrogens with one attached hydrogen (secondary N) is 1. The van der Waals surface area contributed by atoms with Gasteiger partial charge in [0.1, 0.15) is 5.03 Å².